The summed E-state index contributed by atoms with van der Waals surface area (Å²) in [6, 6.07) is 5.62. The van der Waals surface area contributed by atoms with Gasteiger partial charge in [0.25, 0.3) is 5.91 Å². The van der Waals surface area contributed by atoms with Gasteiger partial charge in [0.15, 0.2) is 5.82 Å². The normalized spacial score (nSPS) is 11.9. The molecule has 0 aliphatic heterocycles. The molecule has 8 nitrogen and oxygen atoms in total. The predicted molar refractivity (Wildman–Crippen MR) is 106 cm³/mol. The Morgan fingerprint density at radius 1 is 1.13 bits per heavy atom. The van der Waals surface area contributed by atoms with Crippen molar-refractivity contribution < 1.29 is 18.0 Å². The maximum absolute atomic E-state index is 12.7. The van der Waals surface area contributed by atoms with Gasteiger partial charge in [0.2, 0.25) is 0 Å². The number of halogens is 3. The Balaban J connectivity index is 1.55. The molecule has 0 aliphatic rings. The van der Waals surface area contributed by atoms with E-state index in [-0.39, 0.29) is 23.5 Å². The van der Waals surface area contributed by atoms with Crippen LogP contribution in [0.1, 0.15) is 35.6 Å². The van der Waals surface area contributed by atoms with E-state index in [9.17, 15) is 18.0 Å². The van der Waals surface area contributed by atoms with Crippen LogP contribution in [-0.4, -0.2) is 41.5 Å². The summed E-state index contributed by atoms with van der Waals surface area (Å²) in [6.45, 7) is 4.03. The zero-order valence-electron chi connectivity index (χ0n) is 16.6. The van der Waals surface area contributed by atoms with Crippen molar-refractivity contribution in [3.05, 3.63) is 66.0 Å². The SMILES string of the molecule is CC(C)NC(=O)c1nccc2nn(Cc3ccn(-c4ccc(C(F)(F)F)cn4)n3)cc12. The van der Waals surface area contributed by atoms with Crippen LogP contribution in [-0.2, 0) is 12.7 Å². The number of hydrogen-bond acceptors (Lipinski definition) is 5. The molecule has 0 atom stereocenters. The van der Waals surface area contributed by atoms with Crippen molar-refractivity contribution in [1.29, 1.82) is 0 Å². The lowest BCUT2D eigenvalue weighted by Crippen LogP contribution is -2.30. The number of carbonyl (C=O) groups excluding carboxylic acids is 1. The zero-order chi connectivity index (χ0) is 22.2. The van der Waals surface area contributed by atoms with Crippen LogP contribution in [0.4, 0.5) is 13.2 Å². The summed E-state index contributed by atoms with van der Waals surface area (Å²) in [7, 11) is 0. The summed E-state index contributed by atoms with van der Waals surface area (Å²) in [6.07, 6.45) is 1.18. The third kappa shape index (κ3) is 4.39. The number of fused-ring (bicyclic) bond motifs is 1. The number of nitrogens with zero attached hydrogens (tertiary/aromatic N) is 6. The van der Waals surface area contributed by atoms with E-state index in [2.05, 4.69) is 25.5 Å². The van der Waals surface area contributed by atoms with Gasteiger partial charge in [-0.05, 0) is 38.1 Å². The highest BCUT2D eigenvalue weighted by Crippen LogP contribution is 2.28. The number of alkyl halides is 3. The van der Waals surface area contributed by atoms with E-state index in [0.717, 1.165) is 12.3 Å². The van der Waals surface area contributed by atoms with Crippen molar-refractivity contribution in [1.82, 2.24) is 34.8 Å². The van der Waals surface area contributed by atoms with Crippen molar-refractivity contribution in [2.75, 3.05) is 0 Å². The molecular weight excluding hydrogens is 411 g/mol. The molecule has 160 valence electrons. The number of pyridine rings is 2. The smallest absolute Gasteiger partial charge is 0.349 e. The fraction of sp³-hybridized carbons (Fsp3) is 0.250. The first-order valence-corrected chi connectivity index (χ1v) is 9.42. The number of rotatable bonds is 5. The highest BCUT2D eigenvalue weighted by molar-refractivity contribution is 6.04. The van der Waals surface area contributed by atoms with Crippen molar-refractivity contribution >= 4 is 16.8 Å². The van der Waals surface area contributed by atoms with Crippen LogP contribution in [0.3, 0.4) is 0 Å². The molecule has 4 aromatic rings. The number of amides is 1. The Morgan fingerprint density at radius 2 is 1.94 bits per heavy atom. The lowest BCUT2D eigenvalue weighted by atomic mass is 10.2. The first-order chi connectivity index (χ1) is 14.7. The van der Waals surface area contributed by atoms with E-state index in [1.54, 1.807) is 29.2 Å². The van der Waals surface area contributed by atoms with E-state index < -0.39 is 11.7 Å². The van der Waals surface area contributed by atoms with Gasteiger partial charge in [-0.3, -0.25) is 14.5 Å². The molecule has 0 spiro atoms. The van der Waals surface area contributed by atoms with Gasteiger partial charge in [-0.1, -0.05) is 0 Å². The second-order valence-electron chi connectivity index (χ2n) is 7.20. The molecule has 0 bridgehead atoms. The van der Waals surface area contributed by atoms with Crippen molar-refractivity contribution in [2.24, 2.45) is 0 Å². The summed E-state index contributed by atoms with van der Waals surface area (Å²) in [5.74, 6) is -0.0143. The summed E-state index contributed by atoms with van der Waals surface area (Å²) in [4.78, 5) is 20.4. The molecule has 4 heterocycles. The van der Waals surface area contributed by atoms with Gasteiger partial charge in [-0.15, -0.1) is 0 Å². The summed E-state index contributed by atoms with van der Waals surface area (Å²) >= 11 is 0. The Hall–Kier alpha value is -3.76. The highest BCUT2D eigenvalue weighted by atomic mass is 19.4. The summed E-state index contributed by atoms with van der Waals surface area (Å²) in [5, 5.41) is 12.2. The van der Waals surface area contributed by atoms with Gasteiger partial charge < -0.3 is 5.32 Å². The molecule has 0 saturated carbocycles. The minimum Gasteiger partial charge on any atom is -0.349 e. The monoisotopic (exact) mass is 429 g/mol. The Morgan fingerprint density at radius 3 is 2.61 bits per heavy atom. The first-order valence-electron chi connectivity index (χ1n) is 9.42. The molecule has 11 heteroatoms. The number of nitrogens with one attached hydrogen (secondary N) is 1. The van der Waals surface area contributed by atoms with Crippen LogP contribution in [0.15, 0.2) is 49.1 Å². The molecule has 0 aliphatic carbocycles. The molecule has 0 unspecified atom stereocenters. The average Bonchev–Trinajstić information content (AvgIpc) is 3.33. The maximum atomic E-state index is 12.7. The van der Waals surface area contributed by atoms with Crippen LogP contribution < -0.4 is 5.32 Å². The second kappa shape index (κ2) is 7.82. The van der Waals surface area contributed by atoms with Crippen LogP contribution in [0.5, 0.6) is 0 Å². The minimum atomic E-state index is -4.44. The zero-order valence-corrected chi connectivity index (χ0v) is 16.6. The van der Waals surface area contributed by atoms with Gasteiger partial charge >= 0.3 is 6.18 Å². The van der Waals surface area contributed by atoms with E-state index in [0.29, 0.717) is 23.1 Å². The quantitative estimate of drug-likeness (QED) is 0.526. The van der Waals surface area contributed by atoms with Gasteiger partial charge in [0, 0.05) is 30.8 Å². The topological polar surface area (TPSA) is 90.5 Å². The molecule has 0 saturated heterocycles. The van der Waals surface area contributed by atoms with Crippen molar-refractivity contribution in [2.45, 2.75) is 32.6 Å². The van der Waals surface area contributed by atoms with E-state index in [1.165, 1.54) is 16.9 Å². The van der Waals surface area contributed by atoms with Gasteiger partial charge in [-0.25, -0.2) is 9.67 Å². The summed E-state index contributed by atoms with van der Waals surface area (Å²) in [5.41, 5.74) is 0.707. The first kappa shape index (κ1) is 20.5. The van der Waals surface area contributed by atoms with E-state index >= 15 is 0 Å². The Labute approximate surface area is 174 Å². The summed E-state index contributed by atoms with van der Waals surface area (Å²) < 4.78 is 41.1. The van der Waals surface area contributed by atoms with Gasteiger partial charge in [0.1, 0.15) is 5.69 Å². The lowest BCUT2D eigenvalue weighted by molar-refractivity contribution is -0.137. The van der Waals surface area contributed by atoms with Crippen LogP contribution >= 0.6 is 0 Å². The second-order valence-corrected chi connectivity index (χ2v) is 7.20. The number of carbonyl (C=O) groups is 1. The molecule has 1 amide bonds. The minimum absolute atomic E-state index is 0.0256. The van der Waals surface area contributed by atoms with Crippen LogP contribution in [0.2, 0.25) is 0 Å². The fourth-order valence-electron chi connectivity index (χ4n) is 3.02. The molecule has 4 aromatic heterocycles. The molecule has 0 aromatic carbocycles. The standard InChI is InChI=1S/C20H18F3N7O/c1-12(2)26-19(31)18-15-11-29(28-16(15)5-7-24-18)10-14-6-8-30(27-14)17-4-3-13(9-25-17)20(21,22)23/h3-9,11-12H,10H2,1-2H3,(H,26,31). The van der Waals surface area contributed by atoms with Crippen molar-refractivity contribution in [3.8, 4) is 5.82 Å². The molecule has 0 radical (unpaired) electrons. The predicted octanol–water partition coefficient (Wildman–Crippen LogP) is 3.22. The molecule has 4 rings (SSSR count). The van der Waals surface area contributed by atoms with Gasteiger partial charge in [-0.2, -0.15) is 23.4 Å². The largest absolute Gasteiger partial charge is 0.417 e. The molecule has 0 fully saturated rings. The molecule has 1 N–H and O–H groups in total. The lowest BCUT2D eigenvalue weighted by Gasteiger charge is -2.07. The maximum Gasteiger partial charge on any atom is 0.417 e. The third-order valence-corrected chi connectivity index (χ3v) is 4.39. The van der Waals surface area contributed by atoms with Crippen LogP contribution in [0.25, 0.3) is 16.7 Å². The molecular formula is C20H18F3N7O. The van der Waals surface area contributed by atoms with Gasteiger partial charge in [0.05, 0.1) is 28.7 Å². The van der Waals surface area contributed by atoms with E-state index in [4.69, 9.17) is 0 Å². The van der Waals surface area contributed by atoms with Crippen molar-refractivity contribution in [3.63, 3.8) is 0 Å². The fourth-order valence-corrected chi connectivity index (χ4v) is 3.02. The highest BCUT2D eigenvalue weighted by Gasteiger charge is 2.30. The Bertz CT molecular complexity index is 1230. The molecule has 31 heavy (non-hydrogen) atoms. The third-order valence-electron chi connectivity index (χ3n) is 4.39. The average molecular weight is 429 g/mol. The van der Waals surface area contributed by atoms with Crippen LogP contribution in [0, 0.1) is 0 Å². The Kier molecular flexibility index (Phi) is 5.17. The van der Waals surface area contributed by atoms with E-state index in [1.807, 2.05) is 13.8 Å². The number of aromatic nitrogens is 6. The number of hydrogen-bond donors (Lipinski definition) is 1.